The van der Waals surface area contributed by atoms with Crippen molar-refractivity contribution in [2.45, 2.75) is 83.8 Å². The average molecular weight is 280 g/mol. The van der Waals surface area contributed by atoms with E-state index in [1.54, 1.807) is 0 Å². The van der Waals surface area contributed by atoms with Crippen LogP contribution >= 0.6 is 0 Å². The maximum atomic E-state index is 13.0. The SMILES string of the molecule is CCC(CC1CC1)N1C(=O)C(CC)(CC)NC(=O)C1C. The normalized spacial score (nSPS) is 27.4. The van der Waals surface area contributed by atoms with E-state index in [-0.39, 0.29) is 23.9 Å². The Hall–Kier alpha value is -1.06. The highest BCUT2D eigenvalue weighted by Gasteiger charge is 2.49. The first-order chi connectivity index (χ1) is 9.49. The zero-order valence-electron chi connectivity index (χ0n) is 13.2. The number of hydrogen-bond donors (Lipinski definition) is 1. The van der Waals surface area contributed by atoms with Gasteiger partial charge in [0, 0.05) is 6.04 Å². The molecule has 2 rings (SSSR count). The van der Waals surface area contributed by atoms with E-state index in [2.05, 4.69) is 12.2 Å². The average Bonchev–Trinajstić information content (AvgIpc) is 3.26. The molecule has 0 aromatic carbocycles. The lowest BCUT2D eigenvalue weighted by Crippen LogP contribution is -2.71. The highest BCUT2D eigenvalue weighted by atomic mass is 16.2. The van der Waals surface area contributed by atoms with Gasteiger partial charge >= 0.3 is 0 Å². The molecule has 1 saturated carbocycles. The summed E-state index contributed by atoms with van der Waals surface area (Å²) in [7, 11) is 0. The van der Waals surface area contributed by atoms with Crippen LogP contribution in [0, 0.1) is 5.92 Å². The third-order valence-electron chi connectivity index (χ3n) is 5.18. The van der Waals surface area contributed by atoms with Crippen LogP contribution in [0.2, 0.25) is 0 Å². The summed E-state index contributed by atoms with van der Waals surface area (Å²) in [6.45, 7) is 7.95. The van der Waals surface area contributed by atoms with E-state index in [1.165, 1.54) is 12.8 Å². The summed E-state index contributed by atoms with van der Waals surface area (Å²) in [5, 5.41) is 2.98. The van der Waals surface area contributed by atoms with Gasteiger partial charge in [0.05, 0.1) is 0 Å². The Balaban J connectivity index is 2.26. The smallest absolute Gasteiger partial charge is 0.249 e. The molecule has 2 unspecified atom stereocenters. The summed E-state index contributed by atoms with van der Waals surface area (Å²) < 4.78 is 0. The van der Waals surface area contributed by atoms with E-state index in [9.17, 15) is 9.59 Å². The van der Waals surface area contributed by atoms with E-state index in [0.717, 1.165) is 18.8 Å². The summed E-state index contributed by atoms with van der Waals surface area (Å²) in [6, 6.07) is -0.119. The fraction of sp³-hybridized carbons (Fsp3) is 0.875. The van der Waals surface area contributed by atoms with Crippen LogP contribution in [-0.2, 0) is 9.59 Å². The summed E-state index contributed by atoms with van der Waals surface area (Å²) in [5.41, 5.74) is -0.680. The van der Waals surface area contributed by atoms with Crippen LogP contribution in [0.1, 0.15) is 66.2 Å². The Bertz CT molecular complexity index is 386. The van der Waals surface area contributed by atoms with Gasteiger partial charge in [-0.1, -0.05) is 33.6 Å². The minimum absolute atomic E-state index is 0.00236. The first kappa shape index (κ1) is 15.3. The molecule has 20 heavy (non-hydrogen) atoms. The van der Waals surface area contributed by atoms with Gasteiger partial charge in [0.1, 0.15) is 11.6 Å². The summed E-state index contributed by atoms with van der Waals surface area (Å²) >= 11 is 0. The molecule has 0 aromatic rings. The molecule has 2 amide bonds. The highest BCUT2D eigenvalue weighted by Crippen LogP contribution is 2.37. The van der Waals surface area contributed by atoms with Crippen LogP contribution in [0.15, 0.2) is 0 Å². The quantitative estimate of drug-likeness (QED) is 0.812. The monoisotopic (exact) mass is 280 g/mol. The minimum Gasteiger partial charge on any atom is -0.340 e. The van der Waals surface area contributed by atoms with E-state index < -0.39 is 5.54 Å². The lowest BCUT2D eigenvalue weighted by molar-refractivity contribution is -0.158. The summed E-state index contributed by atoms with van der Waals surface area (Å²) in [6.07, 6.45) is 5.89. The third kappa shape index (κ3) is 2.57. The van der Waals surface area contributed by atoms with Crippen molar-refractivity contribution >= 4 is 11.8 Å². The van der Waals surface area contributed by atoms with E-state index in [4.69, 9.17) is 0 Å². The van der Waals surface area contributed by atoms with Gasteiger partial charge in [0.15, 0.2) is 0 Å². The topological polar surface area (TPSA) is 49.4 Å². The fourth-order valence-corrected chi connectivity index (χ4v) is 3.37. The van der Waals surface area contributed by atoms with Gasteiger partial charge in [0.2, 0.25) is 11.8 Å². The fourth-order valence-electron chi connectivity index (χ4n) is 3.37. The van der Waals surface area contributed by atoms with Crippen molar-refractivity contribution in [1.82, 2.24) is 10.2 Å². The Kier molecular flexibility index (Phi) is 4.40. The molecule has 1 heterocycles. The lowest BCUT2D eigenvalue weighted by Gasteiger charge is -2.47. The maximum Gasteiger partial charge on any atom is 0.249 e. The van der Waals surface area contributed by atoms with Crippen LogP contribution in [0.4, 0.5) is 0 Å². The Morgan fingerprint density at radius 3 is 2.30 bits per heavy atom. The molecule has 1 aliphatic heterocycles. The number of hydrogen-bond acceptors (Lipinski definition) is 2. The number of rotatable bonds is 6. The van der Waals surface area contributed by atoms with Gasteiger partial charge in [0.25, 0.3) is 0 Å². The molecule has 1 N–H and O–H groups in total. The number of nitrogens with one attached hydrogen (secondary N) is 1. The predicted molar refractivity (Wildman–Crippen MR) is 79.2 cm³/mol. The molecule has 2 aliphatic rings. The molecule has 0 aromatic heterocycles. The second kappa shape index (κ2) is 5.74. The minimum atomic E-state index is -0.680. The second-order valence-corrected chi connectivity index (χ2v) is 6.41. The Labute approximate surface area is 122 Å². The van der Waals surface area contributed by atoms with Gasteiger partial charge in [-0.3, -0.25) is 9.59 Å². The van der Waals surface area contributed by atoms with Gasteiger partial charge in [-0.15, -0.1) is 0 Å². The first-order valence-corrected chi connectivity index (χ1v) is 8.13. The van der Waals surface area contributed by atoms with Crippen molar-refractivity contribution in [3.8, 4) is 0 Å². The van der Waals surface area contributed by atoms with Crippen molar-refractivity contribution in [2.24, 2.45) is 5.92 Å². The van der Waals surface area contributed by atoms with Crippen LogP contribution in [0.25, 0.3) is 0 Å². The zero-order chi connectivity index (χ0) is 14.9. The predicted octanol–water partition coefficient (Wildman–Crippen LogP) is 2.47. The summed E-state index contributed by atoms with van der Waals surface area (Å²) in [4.78, 5) is 27.2. The maximum absolute atomic E-state index is 13.0. The molecular formula is C16H28N2O2. The van der Waals surface area contributed by atoms with E-state index >= 15 is 0 Å². The number of carbonyl (C=O) groups excluding carboxylic acids is 2. The van der Waals surface area contributed by atoms with Crippen molar-refractivity contribution in [3.63, 3.8) is 0 Å². The van der Waals surface area contributed by atoms with Crippen LogP contribution in [-0.4, -0.2) is 34.3 Å². The molecule has 0 spiro atoms. The Morgan fingerprint density at radius 2 is 1.85 bits per heavy atom. The lowest BCUT2D eigenvalue weighted by atomic mass is 9.85. The third-order valence-corrected chi connectivity index (χ3v) is 5.18. The van der Waals surface area contributed by atoms with E-state index in [0.29, 0.717) is 12.8 Å². The van der Waals surface area contributed by atoms with Crippen molar-refractivity contribution in [2.75, 3.05) is 0 Å². The molecule has 2 fully saturated rings. The molecule has 4 heteroatoms. The number of piperazine rings is 1. The summed E-state index contributed by atoms with van der Waals surface area (Å²) in [5.74, 6) is 0.896. The van der Waals surface area contributed by atoms with Gasteiger partial charge in [-0.05, 0) is 38.5 Å². The van der Waals surface area contributed by atoms with Gasteiger partial charge < -0.3 is 10.2 Å². The molecule has 1 saturated heterocycles. The van der Waals surface area contributed by atoms with Crippen molar-refractivity contribution in [3.05, 3.63) is 0 Å². The van der Waals surface area contributed by atoms with Crippen LogP contribution in [0.5, 0.6) is 0 Å². The zero-order valence-corrected chi connectivity index (χ0v) is 13.2. The molecule has 4 nitrogen and oxygen atoms in total. The van der Waals surface area contributed by atoms with Crippen LogP contribution in [0.3, 0.4) is 0 Å². The molecular weight excluding hydrogens is 252 g/mol. The molecule has 0 bridgehead atoms. The number of nitrogens with zero attached hydrogens (tertiary/aromatic N) is 1. The van der Waals surface area contributed by atoms with E-state index in [1.807, 2.05) is 25.7 Å². The molecule has 2 atom stereocenters. The number of amides is 2. The van der Waals surface area contributed by atoms with Gasteiger partial charge in [-0.25, -0.2) is 0 Å². The van der Waals surface area contributed by atoms with Gasteiger partial charge in [-0.2, -0.15) is 0 Å². The highest BCUT2D eigenvalue weighted by molar-refractivity contribution is 5.99. The molecule has 114 valence electrons. The van der Waals surface area contributed by atoms with Crippen molar-refractivity contribution in [1.29, 1.82) is 0 Å². The Morgan fingerprint density at radius 1 is 1.25 bits per heavy atom. The molecule has 1 aliphatic carbocycles. The largest absolute Gasteiger partial charge is 0.340 e. The van der Waals surface area contributed by atoms with Crippen molar-refractivity contribution < 1.29 is 9.59 Å². The first-order valence-electron chi connectivity index (χ1n) is 8.13. The molecule has 0 radical (unpaired) electrons. The standard InChI is InChI=1S/C16H28N2O2/c1-5-13(10-12-8-9-12)18-11(4)14(19)17-16(6-2,7-3)15(18)20/h11-13H,5-10H2,1-4H3,(H,17,19). The second-order valence-electron chi connectivity index (χ2n) is 6.41. The number of carbonyl (C=O) groups is 2. The van der Waals surface area contributed by atoms with Crippen LogP contribution < -0.4 is 5.32 Å².